The Hall–Kier alpha value is -3.37. The van der Waals surface area contributed by atoms with Crippen LogP contribution in [-0.4, -0.2) is 81.2 Å². The van der Waals surface area contributed by atoms with Crippen LogP contribution >= 0.6 is 7.82 Å². The topological polar surface area (TPSA) is 131 Å². The molecule has 0 radical (unpaired) electrons. The fourth-order valence-corrected chi connectivity index (χ4v) is 6.06. The molecule has 0 rings (SSSR count). The average molecular weight is 872 g/mol. The van der Waals surface area contributed by atoms with Crippen LogP contribution in [0.5, 0.6) is 0 Å². The summed E-state index contributed by atoms with van der Waals surface area (Å²) in [4.78, 5) is 37.6. The summed E-state index contributed by atoms with van der Waals surface area (Å²) in [5, 5.41) is 9.74. The first kappa shape index (κ1) is 57.6. The van der Waals surface area contributed by atoms with Crippen LogP contribution in [-0.2, 0) is 32.7 Å². The molecule has 10 nitrogen and oxygen atoms in total. The largest absolute Gasteiger partial charge is 0.756 e. The quantitative estimate of drug-likeness (QED) is 0.0211. The van der Waals surface area contributed by atoms with Gasteiger partial charge in [0.05, 0.1) is 33.9 Å². The number of aliphatic hydroxyl groups is 1. The molecule has 0 aromatic heterocycles. The Labute approximate surface area is 370 Å². The number of phosphoric acid groups is 1. The number of phosphoric ester groups is 1. The highest BCUT2D eigenvalue weighted by molar-refractivity contribution is 7.45. The lowest BCUT2D eigenvalue weighted by Crippen LogP contribution is -2.37. The van der Waals surface area contributed by atoms with Gasteiger partial charge in [-0.15, -0.1) is 0 Å². The zero-order valence-corrected chi connectivity index (χ0v) is 39.3. The summed E-state index contributed by atoms with van der Waals surface area (Å²) in [6.07, 6.45) is 51.9. The number of esters is 2. The molecule has 0 saturated heterocycles. The molecule has 0 aliphatic carbocycles. The van der Waals surface area contributed by atoms with Gasteiger partial charge in [0.25, 0.3) is 7.82 Å². The molecule has 0 spiro atoms. The minimum Gasteiger partial charge on any atom is -0.756 e. The SMILES string of the molecule is CC/C=C\C/C=C\C/C=C\C/C=C\C/C=C\CCCCCC(=O)OC[C@H](COP(=O)([O-])OCC[N+](C)(C)C)OC(=O)CCC/C=C\C/C=C\C/C=C\C/C=C\CC(O)CCC. The zero-order chi connectivity index (χ0) is 45.1. The minimum atomic E-state index is -4.67. The first-order valence-electron chi connectivity index (χ1n) is 22.7. The van der Waals surface area contributed by atoms with E-state index in [-0.39, 0.29) is 32.2 Å². The van der Waals surface area contributed by atoms with Crippen LogP contribution in [0.4, 0.5) is 0 Å². The number of carbonyl (C=O) groups is 2. The van der Waals surface area contributed by atoms with Crippen LogP contribution < -0.4 is 4.89 Å². The van der Waals surface area contributed by atoms with E-state index in [1.165, 1.54) is 0 Å². The Morgan fingerprint density at radius 2 is 1.08 bits per heavy atom. The smallest absolute Gasteiger partial charge is 0.306 e. The van der Waals surface area contributed by atoms with E-state index in [1.54, 1.807) is 0 Å². The van der Waals surface area contributed by atoms with Crippen LogP contribution in [0.2, 0.25) is 0 Å². The average Bonchev–Trinajstić information content (AvgIpc) is 3.20. The highest BCUT2D eigenvalue weighted by atomic mass is 31.2. The molecule has 0 fully saturated rings. The van der Waals surface area contributed by atoms with Gasteiger partial charge in [0.15, 0.2) is 6.10 Å². The maximum atomic E-state index is 12.7. The second kappa shape index (κ2) is 40.7. The molecule has 11 heteroatoms. The minimum absolute atomic E-state index is 0.0602. The molecule has 0 bridgehead atoms. The van der Waals surface area contributed by atoms with E-state index in [1.807, 2.05) is 39.4 Å². The number of rotatable bonds is 39. The van der Waals surface area contributed by atoms with E-state index in [0.717, 1.165) is 83.5 Å². The van der Waals surface area contributed by atoms with Crippen molar-refractivity contribution in [2.45, 2.75) is 148 Å². The van der Waals surface area contributed by atoms with Gasteiger partial charge in [-0.1, -0.05) is 136 Å². The molecule has 0 heterocycles. The molecule has 3 atom stereocenters. The molecule has 0 aliphatic heterocycles. The highest BCUT2D eigenvalue weighted by Gasteiger charge is 2.21. The van der Waals surface area contributed by atoms with Crippen molar-refractivity contribution in [2.75, 3.05) is 47.5 Å². The molecular weight excluding hydrogens is 790 g/mol. The number of ether oxygens (including phenoxy) is 2. The first-order chi connectivity index (χ1) is 29.4. The molecule has 2 unspecified atom stereocenters. The fraction of sp³-hybridized carbons (Fsp3) is 0.600. The predicted octanol–water partition coefficient (Wildman–Crippen LogP) is 11.5. The molecule has 0 saturated carbocycles. The molecular formula is C50H82NO9P. The number of aliphatic hydroxyl groups excluding tert-OH is 1. The third-order valence-corrected chi connectivity index (χ3v) is 9.80. The second-order valence-corrected chi connectivity index (χ2v) is 17.3. The van der Waals surface area contributed by atoms with Crippen molar-refractivity contribution in [3.63, 3.8) is 0 Å². The Morgan fingerprint density at radius 3 is 1.59 bits per heavy atom. The van der Waals surface area contributed by atoms with Gasteiger partial charge in [0, 0.05) is 12.8 Å². The standard InChI is InChI=1S/C50H82NO9P/c1-6-8-9-10-11-12-13-14-15-16-17-18-19-22-25-28-31-34-37-41-49(53)57-45-48(46-59-61(55,56)58-44-43-51(3,4)5)60-50(54)42-38-35-32-29-26-23-20-21-24-27-30-33-36-40-47(52)39-7-2/h8-9,11-12,14-15,17-18,20,22-25,27,29,32-33,36,47-48,52H,6-7,10,13,16,19,21,26,28,30-31,34-35,37-46H2,1-5H3/b9-8-,12-11-,15-14-,18-17-,23-20-,25-22-,27-24-,32-29-,36-33-/t47?,48-/m1/s1. The van der Waals surface area contributed by atoms with Gasteiger partial charge in [0.1, 0.15) is 19.8 Å². The van der Waals surface area contributed by atoms with Crippen molar-refractivity contribution in [1.29, 1.82) is 0 Å². The van der Waals surface area contributed by atoms with Crippen molar-refractivity contribution >= 4 is 19.8 Å². The Kier molecular flexibility index (Phi) is 38.4. The molecule has 346 valence electrons. The lowest BCUT2D eigenvalue weighted by Gasteiger charge is -2.28. The van der Waals surface area contributed by atoms with Crippen molar-refractivity contribution in [1.82, 2.24) is 0 Å². The van der Waals surface area contributed by atoms with Crippen LogP contribution in [0.15, 0.2) is 109 Å². The van der Waals surface area contributed by atoms with Crippen molar-refractivity contribution in [3.05, 3.63) is 109 Å². The number of hydrogen-bond donors (Lipinski definition) is 1. The molecule has 0 aromatic carbocycles. The Morgan fingerprint density at radius 1 is 0.607 bits per heavy atom. The van der Waals surface area contributed by atoms with E-state index in [0.29, 0.717) is 36.7 Å². The summed E-state index contributed by atoms with van der Waals surface area (Å²) in [6.45, 7) is 3.76. The van der Waals surface area contributed by atoms with Gasteiger partial charge in [0.2, 0.25) is 0 Å². The van der Waals surface area contributed by atoms with Gasteiger partial charge in [-0.25, -0.2) is 0 Å². The van der Waals surface area contributed by atoms with Gasteiger partial charge >= 0.3 is 11.9 Å². The first-order valence-corrected chi connectivity index (χ1v) is 24.1. The van der Waals surface area contributed by atoms with Crippen LogP contribution in [0.1, 0.15) is 136 Å². The molecule has 0 aliphatic rings. The molecule has 0 aromatic rings. The highest BCUT2D eigenvalue weighted by Crippen LogP contribution is 2.38. The summed E-state index contributed by atoms with van der Waals surface area (Å²) in [5.41, 5.74) is 0. The van der Waals surface area contributed by atoms with Gasteiger partial charge in [-0.05, 0) is 96.3 Å². The summed E-state index contributed by atoms with van der Waals surface area (Å²) < 4.78 is 33.8. The van der Waals surface area contributed by atoms with Crippen molar-refractivity contribution in [2.24, 2.45) is 0 Å². The summed E-state index contributed by atoms with van der Waals surface area (Å²) in [7, 11) is 1.07. The van der Waals surface area contributed by atoms with Crippen molar-refractivity contribution in [3.8, 4) is 0 Å². The molecule has 1 N–H and O–H groups in total. The Balaban J connectivity index is 4.54. The normalized spacial score (nSPS) is 15.1. The molecule has 0 amide bonds. The number of allylic oxidation sites excluding steroid dienone is 17. The van der Waals surface area contributed by atoms with Crippen LogP contribution in [0, 0.1) is 0 Å². The summed E-state index contributed by atoms with van der Waals surface area (Å²) in [5.74, 6) is -0.971. The predicted molar refractivity (Wildman–Crippen MR) is 251 cm³/mol. The van der Waals surface area contributed by atoms with Gasteiger partial charge in [-0.3, -0.25) is 14.2 Å². The maximum absolute atomic E-state index is 12.7. The number of unbranched alkanes of at least 4 members (excludes halogenated alkanes) is 4. The fourth-order valence-electron chi connectivity index (χ4n) is 5.33. The third kappa shape index (κ3) is 44.5. The van der Waals surface area contributed by atoms with E-state index in [4.69, 9.17) is 18.5 Å². The van der Waals surface area contributed by atoms with Crippen LogP contribution in [0.3, 0.4) is 0 Å². The summed E-state index contributed by atoms with van der Waals surface area (Å²) >= 11 is 0. The summed E-state index contributed by atoms with van der Waals surface area (Å²) in [6, 6.07) is 0. The molecule has 61 heavy (non-hydrogen) atoms. The van der Waals surface area contributed by atoms with E-state index in [2.05, 4.69) is 105 Å². The van der Waals surface area contributed by atoms with Crippen LogP contribution in [0.25, 0.3) is 0 Å². The number of nitrogens with zero attached hydrogens (tertiary/aromatic N) is 1. The number of carbonyl (C=O) groups excluding carboxylic acids is 2. The number of quaternary nitrogens is 1. The third-order valence-electron chi connectivity index (χ3n) is 8.83. The second-order valence-electron chi connectivity index (χ2n) is 15.9. The Bertz CT molecular complexity index is 1420. The number of hydrogen-bond acceptors (Lipinski definition) is 9. The van der Waals surface area contributed by atoms with Gasteiger partial charge < -0.3 is 33.0 Å². The monoisotopic (exact) mass is 872 g/mol. The lowest BCUT2D eigenvalue weighted by molar-refractivity contribution is -0.870. The van der Waals surface area contributed by atoms with Gasteiger partial charge in [-0.2, -0.15) is 0 Å². The van der Waals surface area contributed by atoms with E-state index < -0.39 is 32.5 Å². The van der Waals surface area contributed by atoms with Crippen molar-refractivity contribution < 1.29 is 47.2 Å². The van der Waals surface area contributed by atoms with E-state index in [9.17, 15) is 24.2 Å². The maximum Gasteiger partial charge on any atom is 0.306 e. The lowest BCUT2D eigenvalue weighted by atomic mass is 10.1. The number of likely N-dealkylation sites (N-methyl/N-ethyl adjacent to an activating group) is 1. The zero-order valence-electron chi connectivity index (χ0n) is 38.4. The van der Waals surface area contributed by atoms with E-state index >= 15 is 0 Å².